The molecule has 0 spiro atoms. The second-order valence-electron chi connectivity index (χ2n) is 5.93. The van der Waals surface area contributed by atoms with Crippen LogP contribution in [0.25, 0.3) is 0 Å². The van der Waals surface area contributed by atoms with Crippen molar-refractivity contribution in [1.82, 2.24) is 10.2 Å². The number of nitrogens with one attached hydrogen (secondary N) is 1. The molecule has 0 aromatic heterocycles. The van der Waals surface area contributed by atoms with Crippen LogP contribution >= 0.6 is 0 Å². The first-order valence-corrected chi connectivity index (χ1v) is 8.22. The van der Waals surface area contributed by atoms with Gasteiger partial charge in [0.15, 0.2) is 11.8 Å². The Morgan fingerprint density at radius 3 is 2.42 bits per heavy atom. The highest BCUT2D eigenvalue weighted by molar-refractivity contribution is 6.10. The number of nitrogens with zero attached hydrogens (tertiary/aromatic N) is 1. The minimum absolute atomic E-state index is 0.307. The monoisotopic (exact) mass is 352 g/mol. The van der Waals surface area contributed by atoms with Gasteiger partial charge in [0.25, 0.3) is 5.91 Å². The van der Waals surface area contributed by atoms with E-state index in [-0.39, 0.29) is 0 Å². The largest absolute Gasteiger partial charge is 0.388 e. The fraction of sp³-hybridized carbons (Fsp3) is 0.350. The van der Waals surface area contributed by atoms with E-state index in [1.54, 1.807) is 24.3 Å². The minimum atomic E-state index is -1.38. The maximum Gasteiger partial charge on any atom is 0.254 e. The predicted octanol–water partition coefficient (Wildman–Crippen LogP) is 0.200. The average molecular weight is 352 g/mol. The smallest absolute Gasteiger partial charge is 0.254 e. The average Bonchev–Trinajstić information content (AvgIpc) is 3.49. The Balaban J connectivity index is 2.11. The molecular weight excluding hydrogens is 332 g/mol. The lowest BCUT2D eigenvalue weighted by molar-refractivity contribution is -0.135. The van der Waals surface area contributed by atoms with E-state index in [0.717, 1.165) is 17.7 Å². The van der Waals surface area contributed by atoms with Crippen LogP contribution in [0.2, 0.25) is 0 Å². The molecule has 0 heterocycles. The van der Waals surface area contributed by atoms with E-state index in [1.807, 2.05) is 0 Å². The summed E-state index contributed by atoms with van der Waals surface area (Å²) in [6, 6.07) is 5.11. The lowest BCUT2D eigenvalue weighted by Gasteiger charge is -2.25. The molecule has 0 aliphatic heterocycles. The van der Waals surface area contributed by atoms with Crippen LogP contribution in [0.3, 0.4) is 0 Å². The third-order valence-corrected chi connectivity index (χ3v) is 3.92. The summed E-state index contributed by atoms with van der Waals surface area (Å²) in [5, 5.41) is 11.4. The fourth-order valence-electron chi connectivity index (χ4n) is 2.25. The molecule has 1 saturated carbocycles. The number of benzene rings is 1. The zero-order valence-corrected chi connectivity index (χ0v) is 14.7. The van der Waals surface area contributed by atoms with Crippen molar-refractivity contribution in [2.75, 3.05) is 20.7 Å². The molecule has 2 rings (SSSR count). The van der Waals surface area contributed by atoms with E-state index in [2.05, 4.69) is 29.0 Å². The highest BCUT2D eigenvalue weighted by Gasteiger charge is 2.32. The van der Waals surface area contributed by atoms with Crippen molar-refractivity contribution in [2.45, 2.75) is 18.9 Å². The van der Waals surface area contributed by atoms with Gasteiger partial charge in [0.05, 0.1) is 0 Å². The van der Waals surface area contributed by atoms with Crippen LogP contribution in [0.1, 0.15) is 28.8 Å². The number of hydrogen-bond donors (Lipinski definition) is 2. The number of carbonyl (C=O) groups excluding carboxylic acids is 3. The summed E-state index contributed by atoms with van der Waals surface area (Å²) in [5.74, 6) is 10.1. The lowest BCUT2D eigenvalue weighted by Crippen LogP contribution is -2.52. The van der Waals surface area contributed by atoms with Gasteiger partial charge in [-0.1, -0.05) is 11.8 Å². The lowest BCUT2D eigenvalue weighted by atomic mass is 10.1. The zero-order valence-electron chi connectivity index (χ0n) is 14.7. The van der Waals surface area contributed by atoms with Crippen molar-refractivity contribution in [3.8, 4) is 23.7 Å². The Kier molecular flexibility index (Phi) is 6.54. The highest BCUT2D eigenvalue weighted by atomic mass is 16.3. The molecule has 1 aromatic rings. The standard InChI is InChI=1S/C20H20N2O4/c1-21-19(25)18(17(24)13-23)22(2)20(26)16-11-9-15(10-12-16)6-4-3-5-14-7-8-14/h9-12,14,18,23H,7-8,13H2,1-2H3,(H,21,25). The number of hydrogen-bond acceptors (Lipinski definition) is 4. The number of rotatable bonds is 5. The molecule has 2 N–H and O–H groups in total. The van der Waals surface area contributed by atoms with Crippen LogP contribution < -0.4 is 5.32 Å². The van der Waals surface area contributed by atoms with Crippen molar-refractivity contribution in [3.63, 3.8) is 0 Å². The first-order chi connectivity index (χ1) is 12.5. The van der Waals surface area contributed by atoms with Crippen molar-refractivity contribution in [1.29, 1.82) is 0 Å². The molecule has 1 aromatic carbocycles. The van der Waals surface area contributed by atoms with E-state index in [1.165, 1.54) is 14.1 Å². The van der Waals surface area contributed by atoms with Crippen LogP contribution in [-0.2, 0) is 9.59 Å². The van der Waals surface area contributed by atoms with Crippen molar-refractivity contribution in [3.05, 3.63) is 35.4 Å². The van der Waals surface area contributed by atoms with E-state index in [0.29, 0.717) is 17.0 Å². The number of aliphatic hydroxyl groups is 1. The summed E-state index contributed by atoms with van der Waals surface area (Å²) in [5.41, 5.74) is 1.02. The van der Waals surface area contributed by atoms with E-state index < -0.39 is 30.2 Å². The molecule has 6 heteroatoms. The zero-order chi connectivity index (χ0) is 19.1. The third kappa shape index (κ3) is 4.95. The number of ketones is 1. The molecule has 6 nitrogen and oxygen atoms in total. The number of aliphatic hydroxyl groups excluding tert-OH is 1. The first-order valence-electron chi connectivity index (χ1n) is 8.22. The van der Waals surface area contributed by atoms with E-state index >= 15 is 0 Å². The number of Topliss-reactive ketones (excluding diaryl/α,β-unsaturated/α-hetero) is 1. The number of likely N-dealkylation sites (N-methyl/N-ethyl adjacent to an activating group) is 2. The second kappa shape index (κ2) is 8.84. The van der Waals surface area contributed by atoms with Gasteiger partial charge in [-0.25, -0.2) is 0 Å². The van der Waals surface area contributed by atoms with Crippen LogP contribution in [0, 0.1) is 29.6 Å². The molecule has 1 aliphatic carbocycles. The Labute approximate surface area is 152 Å². The molecule has 0 saturated heterocycles. The van der Waals surface area contributed by atoms with Gasteiger partial charge in [-0.05, 0) is 48.9 Å². The Morgan fingerprint density at radius 2 is 1.88 bits per heavy atom. The summed E-state index contributed by atoms with van der Waals surface area (Å²) >= 11 is 0. The molecule has 1 atom stereocenters. The molecule has 1 unspecified atom stereocenters. The second-order valence-corrected chi connectivity index (χ2v) is 5.93. The molecule has 26 heavy (non-hydrogen) atoms. The summed E-state index contributed by atoms with van der Waals surface area (Å²) in [6.45, 7) is -0.827. The third-order valence-electron chi connectivity index (χ3n) is 3.92. The van der Waals surface area contributed by atoms with Gasteiger partial charge >= 0.3 is 0 Å². The van der Waals surface area contributed by atoms with Gasteiger partial charge in [-0.2, -0.15) is 0 Å². The van der Waals surface area contributed by atoms with Gasteiger partial charge in [0, 0.05) is 31.1 Å². The maximum absolute atomic E-state index is 12.5. The fourth-order valence-corrected chi connectivity index (χ4v) is 2.25. The molecular formula is C20H20N2O4. The van der Waals surface area contributed by atoms with Gasteiger partial charge in [0.1, 0.15) is 6.61 Å². The van der Waals surface area contributed by atoms with Crippen LogP contribution in [-0.4, -0.2) is 54.3 Å². The topological polar surface area (TPSA) is 86.7 Å². The quantitative estimate of drug-likeness (QED) is 0.585. The Bertz CT molecular complexity index is 801. The summed E-state index contributed by atoms with van der Waals surface area (Å²) in [6.07, 6.45) is 2.30. The molecule has 134 valence electrons. The summed E-state index contributed by atoms with van der Waals surface area (Å²) in [4.78, 5) is 37.2. The van der Waals surface area contributed by atoms with Crippen LogP contribution in [0.5, 0.6) is 0 Å². The van der Waals surface area contributed by atoms with Gasteiger partial charge in [-0.15, -0.1) is 0 Å². The Morgan fingerprint density at radius 1 is 1.23 bits per heavy atom. The number of carbonyl (C=O) groups is 3. The number of amides is 2. The van der Waals surface area contributed by atoms with Gasteiger partial charge in [-0.3, -0.25) is 14.4 Å². The molecule has 1 aliphatic rings. The van der Waals surface area contributed by atoms with E-state index in [9.17, 15) is 14.4 Å². The van der Waals surface area contributed by atoms with Gasteiger partial charge in [0.2, 0.25) is 5.91 Å². The molecule has 0 radical (unpaired) electrons. The molecule has 2 amide bonds. The summed E-state index contributed by atoms with van der Waals surface area (Å²) in [7, 11) is 2.70. The predicted molar refractivity (Wildman–Crippen MR) is 95.9 cm³/mol. The molecule has 0 bridgehead atoms. The highest BCUT2D eigenvalue weighted by Crippen LogP contribution is 2.27. The van der Waals surface area contributed by atoms with Crippen LogP contribution in [0.15, 0.2) is 24.3 Å². The van der Waals surface area contributed by atoms with Gasteiger partial charge < -0.3 is 15.3 Å². The maximum atomic E-state index is 12.5. The van der Waals surface area contributed by atoms with Crippen LogP contribution in [0.4, 0.5) is 0 Å². The van der Waals surface area contributed by atoms with E-state index in [4.69, 9.17) is 5.11 Å². The first kappa shape index (κ1) is 19.2. The summed E-state index contributed by atoms with van der Waals surface area (Å²) < 4.78 is 0. The van der Waals surface area contributed by atoms with Crippen molar-refractivity contribution >= 4 is 17.6 Å². The molecule has 1 fully saturated rings. The normalized spacial score (nSPS) is 13.3. The Hall–Kier alpha value is -3.09. The van der Waals surface area contributed by atoms with Crippen molar-refractivity contribution in [2.24, 2.45) is 5.92 Å². The SMILES string of the molecule is CNC(=O)C(C(=O)CO)N(C)C(=O)c1ccc(C#CC#CC2CC2)cc1. The minimum Gasteiger partial charge on any atom is -0.388 e. The van der Waals surface area contributed by atoms with Crippen molar-refractivity contribution < 1.29 is 19.5 Å².